The molecule has 1 atom stereocenters. The molecule has 6 nitrogen and oxygen atoms in total. The lowest BCUT2D eigenvalue weighted by Gasteiger charge is -2.22. The molecule has 1 aromatic rings. The number of carbonyl (C=O) groups excluding carboxylic acids is 2. The number of ether oxygens (including phenoxy) is 2. The van der Waals surface area contributed by atoms with Gasteiger partial charge in [-0.1, -0.05) is 0 Å². The Bertz CT molecular complexity index is 639. The normalized spacial score (nSPS) is 17.8. The molecule has 0 saturated carbocycles. The number of halogens is 1. The van der Waals surface area contributed by atoms with Crippen molar-refractivity contribution in [3.63, 3.8) is 0 Å². The first-order chi connectivity index (χ1) is 11.3. The van der Waals surface area contributed by atoms with Crippen molar-refractivity contribution in [3.8, 4) is 0 Å². The number of amides is 1. The van der Waals surface area contributed by atoms with Gasteiger partial charge in [-0.05, 0) is 39.0 Å². The number of benzene rings is 1. The van der Waals surface area contributed by atoms with Crippen molar-refractivity contribution in [2.45, 2.75) is 36.5 Å². The highest BCUT2D eigenvalue weighted by molar-refractivity contribution is 8.01. The molecule has 1 aliphatic rings. The molecule has 8 heteroatoms. The molecule has 0 bridgehead atoms. The first-order valence-corrected chi connectivity index (χ1v) is 8.44. The molecule has 1 amide bonds. The average Bonchev–Trinajstić information content (AvgIpc) is 2.90. The number of nitrogens with zero attached hydrogens (tertiary/aromatic N) is 1. The zero-order chi connectivity index (χ0) is 17.9. The van der Waals surface area contributed by atoms with Crippen LogP contribution in [0.15, 0.2) is 23.1 Å². The van der Waals surface area contributed by atoms with Crippen molar-refractivity contribution in [2.75, 3.05) is 24.6 Å². The van der Waals surface area contributed by atoms with Gasteiger partial charge < -0.3 is 15.2 Å². The smallest absolute Gasteiger partial charge is 0.414 e. The molecule has 0 unspecified atom stereocenters. The molecule has 1 fully saturated rings. The van der Waals surface area contributed by atoms with Crippen molar-refractivity contribution < 1.29 is 23.5 Å². The average molecular weight is 356 g/mol. The largest absolute Gasteiger partial charge is 0.465 e. The van der Waals surface area contributed by atoms with E-state index in [1.54, 1.807) is 32.9 Å². The fourth-order valence-electron chi connectivity index (χ4n) is 2.22. The number of rotatable bonds is 6. The number of nitrogens with two attached hydrogens (primary N) is 1. The Morgan fingerprint density at radius 2 is 2.25 bits per heavy atom. The van der Waals surface area contributed by atoms with Gasteiger partial charge in [-0.3, -0.25) is 9.69 Å². The van der Waals surface area contributed by atoms with E-state index < -0.39 is 28.7 Å². The highest BCUT2D eigenvalue weighted by Crippen LogP contribution is 2.36. The van der Waals surface area contributed by atoms with Crippen LogP contribution in [0.4, 0.5) is 14.9 Å². The van der Waals surface area contributed by atoms with Gasteiger partial charge >= 0.3 is 12.1 Å². The molecule has 0 aliphatic carbocycles. The van der Waals surface area contributed by atoms with Gasteiger partial charge in [-0.2, -0.15) is 0 Å². The van der Waals surface area contributed by atoms with E-state index in [9.17, 15) is 14.0 Å². The van der Waals surface area contributed by atoms with Gasteiger partial charge in [0.05, 0.1) is 18.8 Å². The van der Waals surface area contributed by atoms with Crippen molar-refractivity contribution in [2.24, 2.45) is 5.73 Å². The summed E-state index contributed by atoms with van der Waals surface area (Å²) in [6.07, 6.45) is -0.936. The Balaban J connectivity index is 2.16. The number of esters is 1. The lowest BCUT2D eigenvalue weighted by atomic mass is 10.2. The Morgan fingerprint density at radius 3 is 2.79 bits per heavy atom. The van der Waals surface area contributed by atoms with Gasteiger partial charge in [0, 0.05) is 11.4 Å². The zero-order valence-corrected chi connectivity index (χ0v) is 14.7. The summed E-state index contributed by atoms with van der Waals surface area (Å²) in [4.78, 5) is 25.4. The maximum atomic E-state index is 14.4. The molecule has 2 N–H and O–H groups in total. The van der Waals surface area contributed by atoms with Crippen LogP contribution in [0.1, 0.15) is 20.8 Å². The molecular weight excluding hydrogens is 335 g/mol. The minimum absolute atomic E-state index is 0.215. The summed E-state index contributed by atoms with van der Waals surface area (Å²) < 4.78 is 23.5. The van der Waals surface area contributed by atoms with Crippen molar-refractivity contribution in [1.29, 1.82) is 0 Å². The predicted molar refractivity (Wildman–Crippen MR) is 89.6 cm³/mol. The molecular formula is C16H21FN2O4S. The van der Waals surface area contributed by atoms with E-state index >= 15 is 0 Å². The van der Waals surface area contributed by atoms with Gasteiger partial charge in [0.15, 0.2) is 0 Å². The van der Waals surface area contributed by atoms with E-state index in [1.807, 2.05) is 0 Å². The number of carbonyl (C=O) groups is 2. The third-order valence-electron chi connectivity index (χ3n) is 3.50. The number of thioether (sulfide) groups is 1. The number of hydrogen-bond acceptors (Lipinski definition) is 6. The summed E-state index contributed by atoms with van der Waals surface area (Å²) in [5, 5.41) is 0. The Morgan fingerprint density at radius 1 is 1.54 bits per heavy atom. The summed E-state index contributed by atoms with van der Waals surface area (Å²) in [7, 11) is 0. The second-order valence-corrected chi connectivity index (χ2v) is 7.46. The van der Waals surface area contributed by atoms with Crippen molar-refractivity contribution >= 4 is 29.5 Å². The van der Waals surface area contributed by atoms with Crippen molar-refractivity contribution in [1.82, 2.24) is 0 Å². The summed E-state index contributed by atoms with van der Waals surface area (Å²) in [6, 6.07) is 4.41. The highest BCUT2D eigenvalue weighted by Gasteiger charge is 2.34. The van der Waals surface area contributed by atoms with E-state index in [0.717, 1.165) is 11.8 Å². The van der Waals surface area contributed by atoms with Crippen LogP contribution in [-0.2, 0) is 14.3 Å². The maximum Gasteiger partial charge on any atom is 0.414 e. The second-order valence-electron chi connectivity index (χ2n) is 5.80. The molecule has 24 heavy (non-hydrogen) atoms. The fourth-order valence-corrected chi connectivity index (χ4v) is 3.20. The molecule has 0 aromatic heterocycles. The first-order valence-electron chi connectivity index (χ1n) is 7.62. The Hall–Kier alpha value is -1.80. The lowest BCUT2D eigenvalue weighted by Crippen LogP contribution is -2.30. The van der Waals surface area contributed by atoms with E-state index in [2.05, 4.69) is 0 Å². The van der Waals surface area contributed by atoms with Crippen LogP contribution < -0.4 is 10.6 Å². The summed E-state index contributed by atoms with van der Waals surface area (Å²) in [6.45, 7) is 5.84. The van der Waals surface area contributed by atoms with Crippen LogP contribution >= 0.6 is 11.8 Å². The molecule has 0 radical (unpaired) electrons. The molecule has 1 aliphatic heterocycles. The first kappa shape index (κ1) is 18.5. The Kier molecular flexibility index (Phi) is 5.71. The highest BCUT2D eigenvalue weighted by atomic mass is 32.2. The van der Waals surface area contributed by atoms with E-state index in [4.69, 9.17) is 15.2 Å². The molecule has 1 saturated heterocycles. The topological polar surface area (TPSA) is 81.9 Å². The van der Waals surface area contributed by atoms with Gasteiger partial charge in [-0.25, -0.2) is 9.18 Å². The summed E-state index contributed by atoms with van der Waals surface area (Å²) >= 11 is 1.07. The summed E-state index contributed by atoms with van der Waals surface area (Å²) in [5.41, 5.74) is 5.88. The Labute approximate surface area is 144 Å². The van der Waals surface area contributed by atoms with E-state index in [0.29, 0.717) is 10.6 Å². The van der Waals surface area contributed by atoms with Gasteiger partial charge in [0.25, 0.3) is 0 Å². The van der Waals surface area contributed by atoms with Crippen LogP contribution in [0, 0.1) is 5.82 Å². The fraction of sp³-hybridized carbons (Fsp3) is 0.500. The van der Waals surface area contributed by atoms with Gasteiger partial charge in [-0.15, -0.1) is 11.8 Å². The SMILES string of the molecule is CCOC(=O)C(C)(C)Sc1ccc(N2C[C@H](CN)OC2=O)cc1F. The summed E-state index contributed by atoms with van der Waals surface area (Å²) in [5.74, 6) is -0.925. The maximum absolute atomic E-state index is 14.4. The van der Waals surface area contributed by atoms with Crippen LogP contribution in [0.2, 0.25) is 0 Å². The zero-order valence-electron chi connectivity index (χ0n) is 13.9. The molecule has 132 valence electrons. The number of cyclic esters (lactones) is 1. The van der Waals surface area contributed by atoms with Gasteiger partial charge in [0.1, 0.15) is 16.7 Å². The minimum atomic E-state index is -0.921. The predicted octanol–water partition coefficient (Wildman–Crippen LogP) is 2.54. The monoisotopic (exact) mass is 356 g/mol. The quantitative estimate of drug-likeness (QED) is 0.623. The van der Waals surface area contributed by atoms with Crippen molar-refractivity contribution in [3.05, 3.63) is 24.0 Å². The van der Waals surface area contributed by atoms with Crippen LogP contribution in [0.25, 0.3) is 0 Å². The standard InChI is InChI=1S/C16H21FN2O4S/c1-4-22-14(20)16(2,3)24-13-6-5-10(7-12(13)17)19-9-11(8-18)23-15(19)21/h5-7,11H,4,8-9,18H2,1-3H3/t11-/m0/s1. The van der Waals surface area contributed by atoms with Gasteiger partial charge in [0.2, 0.25) is 0 Å². The number of anilines is 1. The van der Waals surface area contributed by atoms with E-state index in [1.165, 1.54) is 11.0 Å². The minimum Gasteiger partial charge on any atom is -0.465 e. The number of hydrogen-bond donors (Lipinski definition) is 1. The molecule has 1 aromatic carbocycles. The molecule has 1 heterocycles. The van der Waals surface area contributed by atoms with E-state index in [-0.39, 0.29) is 19.7 Å². The van der Waals surface area contributed by atoms with Crippen LogP contribution in [-0.4, -0.2) is 42.6 Å². The van der Waals surface area contributed by atoms with Crippen LogP contribution in [0.5, 0.6) is 0 Å². The third kappa shape index (κ3) is 3.99. The van der Waals surface area contributed by atoms with Crippen LogP contribution in [0.3, 0.4) is 0 Å². The molecule has 0 spiro atoms. The third-order valence-corrected chi connectivity index (χ3v) is 4.72. The molecule has 2 rings (SSSR count). The lowest BCUT2D eigenvalue weighted by molar-refractivity contribution is -0.145. The second kappa shape index (κ2) is 7.40.